The molecule has 3 rings (SSSR count). The van der Waals surface area contributed by atoms with Gasteiger partial charge in [0.25, 0.3) is 10.0 Å². The predicted octanol–water partition coefficient (Wildman–Crippen LogP) is 3.95. The molecule has 0 fully saturated rings. The fourth-order valence-electron chi connectivity index (χ4n) is 2.46. The molecular formula is C19H20N4O2S. The largest absolute Gasteiger partial charge is 0.324 e. The molecule has 0 atom stereocenters. The summed E-state index contributed by atoms with van der Waals surface area (Å²) < 4.78 is 27.4. The van der Waals surface area contributed by atoms with Crippen molar-refractivity contribution in [3.8, 4) is 0 Å². The molecule has 1 aromatic heterocycles. The van der Waals surface area contributed by atoms with Crippen molar-refractivity contribution >= 4 is 27.3 Å². The van der Waals surface area contributed by atoms with Gasteiger partial charge in [-0.1, -0.05) is 17.7 Å². The predicted molar refractivity (Wildman–Crippen MR) is 103 cm³/mol. The van der Waals surface area contributed by atoms with E-state index < -0.39 is 10.0 Å². The number of sulfonamides is 1. The highest BCUT2D eigenvalue weighted by molar-refractivity contribution is 7.92. The lowest BCUT2D eigenvalue weighted by Gasteiger charge is -2.10. The number of rotatable bonds is 5. The van der Waals surface area contributed by atoms with Crippen LogP contribution in [-0.4, -0.2) is 18.4 Å². The van der Waals surface area contributed by atoms with Gasteiger partial charge in [-0.25, -0.2) is 18.4 Å². The summed E-state index contributed by atoms with van der Waals surface area (Å²) in [5.41, 5.74) is 4.02. The van der Waals surface area contributed by atoms with Crippen molar-refractivity contribution in [2.24, 2.45) is 0 Å². The van der Waals surface area contributed by atoms with E-state index in [0.717, 1.165) is 22.6 Å². The second kappa shape index (κ2) is 7.13. The Bertz CT molecular complexity index is 994. The fraction of sp³-hybridized carbons (Fsp3) is 0.158. The van der Waals surface area contributed by atoms with Crippen molar-refractivity contribution < 1.29 is 8.42 Å². The molecule has 0 saturated carbocycles. The van der Waals surface area contributed by atoms with Gasteiger partial charge in [0.1, 0.15) is 0 Å². The van der Waals surface area contributed by atoms with Crippen LogP contribution in [0.3, 0.4) is 0 Å². The van der Waals surface area contributed by atoms with E-state index in [-0.39, 0.29) is 4.90 Å². The maximum atomic E-state index is 12.4. The lowest BCUT2D eigenvalue weighted by atomic mass is 10.2. The van der Waals surface area contributed by atoms with Crippen LogP contribution in [-0.2, 0) is 10.0 Å². The first kappa shape index (κ1) is 17.9. The van der Waals surface area contributed by atoms with Gasteiger partial charge in [0.05, 0.1) is 4.90 Å². The van der Waals surface area contributed by atoms with E-state index in [1.807, 2.05) is 26.8 Å². The van der Waals surface area contributed by atoms with Gasteiger partial charge in [-0.3, -0.25) is 4.72 Å². The molecule has 0 radical (unpaired) electrons. The molecule has 0 spiro atoms. The lowest BCUT2D eigenvalue weighted by molar-refractivity contribution is 0.601. The monoisotopic (exact) mass is 368 g/mol. The van der Waals surface area contributed by atoms with Gasteiger partial charge in [0.15, 0.2) is 0 Å². The molecule has 0 saturated heterocycles. The number of anilines is 3. The zero-order valence-electron chi connectivity index (χ0n) is 14.8. The Hall–Kier alpha value is -2.93. The number of hydrogen-bond acceptors (Lipinski definition) is 5. The Morgan fingerprint density at radius 1 is 0.769 bits per heavy atom. The second-order valence-electron chi connectivity index (χ2n) is 6.10. The van der Waals surface area contributed by atoms with Gasteiger partial charge in [0.2, 0.25) is 5.95 Å². The van der Waals surface area contributed by atoms with Crippen LogP contribution < -0.4 is 10.0 Å². The van der Waals surface area contributed by atoms with Gasteiger partial charge >= 0.3 is 0 Å². The third-order valence-electron chi connectivity index (χ3n) is 3.71. The molecular weight excluding hydrogens is 348 g/mol. The molecule has 1 heterocycles. The quantitative estimate of drug-likeness (QED) is 0.712. The fourth-order valence-corrected chi connectivity index (χ4v) is 3.52. The van der Waals surface area contributed by atoms with Crippen LogP contribution in [0, 0.1) is 20.8 Å². The zero-order chi connectivity index (χ0) is 18.7. The number of aromatic nitrogens is 2. The Balaban J connectivity index is 1.74. The molecule has 0 bridgehead atoms. The zero-order valence-corrected chi connectivity index (χ0v) is 15.6. The van der Waals surface area contributed by atoms with Gasteiger partial charge in [-0.2, -0.15) is 0 Å². The van der Waals surface area contributed by atoms with Crippen molar-refractivity contribution in [2.45, 2.75) is 25.7 Å². The van der Waals surface area contributed by atoms with Crippen LogP contribution in [0.2, 0.25) is 0 Å². The number of aryl methyl sites for hydroxylation is 3. The van der Waals surface area contributed by atoms with E-state index in [9.17, 15) is 8.42 Å². The molecule has 2 N–H and O–H groups in total. The van der Waals surface area contributed by atoms with E-state index in [4.69, 9.17) is 0 Å². The highest BCUT2D eigenvalue weighted by Gasteiger charge is 2.13. The number of benzene rings is 2. The molecule has 0 unspecified atom stereocenters. The van der Waals surface area contributed by atoms with Crippen LogP contribution in [0.1, 0.15) is 17.0 Å². The summed E-state index contributed by atoms with van der Waals surface area (Å²) in [6, 6.07) is 15.5. The first-order valence-electron chi connectivity index (χ1n) is 8.11. The maximum Gasteiger partial charge on any atom is 0.261 e. The van der Waals surface area contributed by atoms with Crippen LogP contribution >= 0.6 is 0 Å². The highest BCUT2D eigenvalue weighted by Crippen LogP contribution is 2.20. The van der Waals surface area contributed by atoms with Gasteiger partial charge in [0, 0.05) is 22.8 Å². The summed E-state index contributed by atoms with van der Waals surface area (Å²) in [6.07, 6.45) is 0. The number of nitrogens with one attached hydrogen (secondary N) is 2. The van der Waals surface area contributed by atoms with E-state index in [2.05, 4.69) is 20.0 Å². The molecule has 0 amide bonds. The van der Waals surface area contributed by atoms with Crippen molar-refractivity contribution in [3.05, 3.63) is 71.5 Å². The minimum absolute atomic E-state index is 0.230. The first-order valence-corrected chi connectivity index (χ1v) is 9.59. The summed E-state index contributed by atoms with van der Waals surface area (Å²) in [5.74, 6) is 0.510. The second-order valence-corrected chi connectivity index (χ2v) is 7.78. The Kier molecular flexibility index (Phi) is 4.90. The van der Waals surface area contributed by atoms with E-state index in [1.165, 1.54) is 0 Å². The van der Waals surface area contributed by atoms with Crippen molar-refractivity contribution in [3.63, 3.8) is 0 Å². The smallest absolute Gasteiger partial charge is 0.261 e. The summed E-state index contributed by atoms with van der Waals surface area (Å²) >= 11 is 0. The van der Waals surface area contributed by atoms with Crippen LogP contribution in [0.25, 0.3) is 0 Å². The molecule has 0 aliphatic rings. The molecule has 7 heteroatoms. The van der Waals surface area contributed by atoms with E-state index >= 15 is 0 Å². The van der Waals surface area contributed by atoms with Gasteiger partial charge in [-0.15, -0.1) is 0 Å². The molecule has 134 valence electrons. The third kappa shape index (κ3) is 4.37. The Morgan fingerprint density at radius 2 is 1.31 bits per heavy atom. The van der Waals surface area contributed by atoms with Gasteiger partial charge in [-0.05, 0) is 63.2 Å². The average Bonchev–Trinajstić information content (AvgIpc) is 2.56. The summed E-state index contributed by atoms with van der Waals surface area (Å²) in [5, 5.41) is 3.11. The molecule has 0 aliphatic heterocycles. The lowest BCUT2D eigenvalue weighted by Crippen LogP contribution is -2.12. The van der Waals surface area contributed by atoms with Crippen LogP contribution in [0.5, 0.6) is 0 Å². The van der Waals surface area contributed by atoms with Crippen molar-refractivity contribution in [1.82, 2.24) is 9.97 Å². The van der Waals surface area contributed by atoms with Crippen molar-refractivity contribution in [2.75, 3.05) is 10.0 Å². The minimum Gasteiger partial charge on any atom is -0.324 e. The topological polar surface area (TPSA) is 84.0 Å². The van der Waals surface area contributed by atoms with E-state index in [0.29, 0.717) is 11.6 Å². The SMILES string of the molecule is Cc1ccc(S(=O)(=O)Nc2ccc(Nc3nc(C)cc(C)n3)cc2)cc1. The maximum absolute atomic E-state index is 12.4. The molecule has 2 aromatic carbocycles. The average molecular weight is 368 g/mol. The Labute approximate surface area is 153 Å². The number of hydrogen-bond donors (Lipinski definition) is 2. The van der Waals surface area contributed by atoms with Crippen LogP contribution in [0.15, 0.2) is 59.5 Å². The standard InChI is InChI=1S/C19H20N4O2S/c1-13-4-10-18(11-5-13)26(24,25)23-17-8-6-16(7-9-17)22-19-20-14(2)12-15(3)21-19/h4-12,23H,1-3H3,(H,20,21,22). The van der Waals surface area contributed by atoms with Gasteiger partial charge < -0.3 is 5.32 Å². The summed E-state index contributed by atoms with van der Waals surface area (Å²) in [7, 11) is -3.61. The first-order chi connectivity index (χ1) is 12.3. The summed E-state index contributed by atoms with van der Waals surface area (Å²) in [4.78, 5) is 8.88. The van der Waals surface area contributed by atoms with Crippen LogP contribution in [0.4, 0.5) is 17.3 Å². The molecule has 6 nitrogen and oxygen atoms in total. The molecule has 0 aliphatic carbocycles. The van der Waals surface area contributed by atoms with Crippen molar-refractivity contribution in [1.29, 1.82) is 0 Å². The number of nitrogens with zero attached hydrogens (tertiary/aromatic N) is 2. The van der Waals surface area contributed by atoms with E-state index in [1.54, 1.807) is 48.5 Å². The summed E-state index contributed by atoms with van der Waals surface area (Å²) in [6.45, 7) is 5.72. The molecule has 26 heavy (non-hydrogen) atoms. The normalized spacial score (nSPS) is 11.2. The Morgan fingerprint density at radius 3 is 1.88 bits per heavy atom. The highest BCUT2D eigenvalue weighted by atomic mass is 32.2. The minimum atomic E-state index is -3.61. The molecule has 3 aromatic rings. The third-order valence-corrected chi connectivity index (χ3v) is 5.10.